The molecule has 3 aliphatic carbocycles. The third-order valence-electron chi connectivity index (χ3n) is 11.0. The number of phenols is 1. The fourth-order valence-corrected chi connectivity index (χ4v) is 8.85. The molecular formula is C41H39NO7. The Kier molecular flexibility index (Phi) is 8.35. The number of aromatic hydroxyl groups is 1. The van der Waals surface area contributed by atoms with Gasteiger partial charge in [0.1, 0.15) is 0 Å². The van der Waals surface area contributed by atoms with Gasteiger partial charge in [-0.05, 0) is 60.1 Å². The van der Waals surface area contributed by atoms with Crippen molar-refractivity contribution in [2.75, 3.05) is 20.8 Å². The van der Waals surface area contributed by atoms with Gasteiger partial charge in [-0.15, -0.1) is 0 Å². The summed E-state index contributed by atoms with van der Waals surface area (Å²) >= 11 is 0. The lowest BCUT2D eigenvalue weighted by Gasteiger charge is -2.54. The Morgan fingerprint density at radius 3 is 2.18 bits per heavy atom. The van der Waals surface area contributed by atoms with Crippen LogP contribution >= 0.6 is 0 Å². The first-order valence-corrected chi connectivity index (χ1v) is 16.9. The molecule has 1 N–H and O–H groups in total. The summed E-state index contributed by atoms with van der Waals surface area (Å²) in [6.45, 7) is 2.30. The molecule has 1 saturated heterocycles. The summed E-state index contributed by atoms with van der Waals surface area (Å²) in [6.07, 6.45) is 8.66. The molecule has 1 aliphatic heterocycles. The maximum absolute atomic E-state index is 15.0. The topological polar surface area (TPSA) is 110 Å². The number of carbonyl (C=O) groups excluding carboxylic acids is 4. The third-order valence-corrected chi connectivity index (χ3v) is 11.0. The van der Waals surface area contributed by atoms with Gasteiger partial charge in [-0.1, -0.05) is 91.4 Å². The first-order valence-electron chi connectivity index (χ1n) is 16.9. The van der Waals surface area contributed by atoms with Crippen LogP contribution in [0, 0.1) is 29.6 Å². The van der Waals surface area contributed by atoms with Gasteiger partial charge in [-0.3, -0.25) is 24.1 Å². The van der Waals surface area contributed by atoms with E-state index in [1.165, 1.54) is 25.2 Å². The van der Waals surface area contributed by atoms with E-state index in [0.717, 1.165) is 11.1 Å². The summed E-state index contributed by atoms with van der Waals surface area (Å²) in [4.78, 5) is 58.9. The van der Waals surface area contributed by atoms with Crippen molar-refractivity contribution in [3.8, 4) is 17.2 Å². The number of allylic oxidation sites excluding steroid dienone is 5. The van der Waals surface area contributed by atoms with Gasteiger partial charge in [0.2, 0.25) is 17.6 Å². The van der Waals surface area contributed by atoms with E-state index in [-0.39, 0.29) is 47.1 Å². The molecular weight excluding hydrogens is 618 g/mol. The molecule has 250 valence electrons. The number of phenolic OH excluding ortho intramolecular Hbond substituents is 1. The predicted molar refractivity (Wildman–Crippen MR) is 185 cm³/mol. The van der Waals surface area contributed by atoms with Crippen LogP contribution in [0.1, 0.15) is 42.9 Å². The molecule has 49 heavy (non-hydrogen) atoms. The van der Waals surface area contributed by atoms with E-state index in [0.29, 0.717) is 36.1 Å². The molecule has 6 atom stereocenters. The van der Waals surface area contributed by atoms with Crippen molar-refractivity contribution >= 4 is 35.0 Å². The van der Waals surface area contributed by atoms with Crippen LogP contribution in [0.25, 0.3) is 11.6 Å². The number of carbonyl (C=O) groups is 4. The van der Waals surface area contributed by atoms with Crippen molar-refractivity contribution in [1.29, 1.82) is 0 Å². The number of ether oxygens (including phenoxy) is 2. The number of hydrogen-bond donors (Lipinski definition) is 1. The summed E-state index contributed by atoms with van der Waals surface area (Å²) in [7, 11) is 2.91. The number of likely N-dealkylation sites (tertiary alicyclic amines) is 1. The van der Waals surface area contributed by atoms with Crippen LogP contribution in [-0.4, -0.2) is 54.2 Å². The van der Waals surface area contributed by atoms with Gasteiger partial charge >= 0.3 is 0 Å². The van der Waals surface area contributed by atoms with Crippen molar-refractivity contribution in [2.24, 2.45) is 29.6 Å². The molecule has 2 fully saturated rings. The fraction of sp³-hybridized carbons (Fsp3) is 0.317. The second-order valence-electron chi connectivity index (χ2n) is 13.3. The lowest BCUT2D eigenvalue weighted by molar-refractivity contribution is -0.140. The molecule has 2 amide bonds. The van der Waals surface area contributed by atoms with Gasteiger partial charge < -0.3 is 14.6 Å². The summed E-state index contributed by atoms with van der Waals surface area (Å²) in [5, 5.41) is 10.6. The Balaban J connectivity index is 1.46. The Morgan fingerprint density at radius 1 is 0.898 bits per heavy atom. The zero-order valence-corrected chi connectivity index (χ0v) is 27.8. The zero-order valence-electron chi connectivity index (χ0n) is 27.8. The normalized spacial score (nSPS) is 27.7. The van der Waals surface area contributed by atoms with Crippen LogP contribution in [0.3, 0.4) is 0 Å². The molecule has 6 unspecified atom stereocenters. The number of ketones is 2. The number of amides is 2. The quantitative estimate of drug-likeness (QED) is 0.227. The highest BCUT2D eigenvalue weighted by Gasteiger charge is 2.65. The van der Waals surface area contributed by atoms with Gasteiger partial charge in [-0.2, -0.15) is 0 Å². The summed E-state index contributed by atoms with van der Waals surface area (Å²) < 4.78 is 10.8. The van der Waals surface area contributed by atoms with Crippen molar-refractivity contribution in [3.05, 3.63) is 113 Å². The predicted octanol–water partition coefficient (Wildman–Crippen LogP) is 6.19. The standard InChI is InChI=1S/C41H39NO7/c1-4-19-42-39(46)28-17-16-27-30(36(28)40(42)47)22-32-37(44)29(25-11-7-5-8-12-25)23-35(43)41(32,26-13-9-6-10-14-26)31(27)18-15-24-20-33(48-2)38(45)34(21-24)49-3/h5-16,18,20-21,23,28,30-32,36,45H,4,17,19,22H2,1-3H3. The Hall–Kier alpha value is -5.24. The van der Waals surface area contributed by atoms with Gasteiger partial charge in [-0.25, -0.2) is 0 Å². The first-order chi connectivity index (χ1) is 23.8. The van der Waals surface area contributed by atoms with Crippen LogP contribution in [-0.2, 0) is 24.6 Å². The zero-order chi connectivity index (χ0) is 34.4. The second-order valence-corrected chi connectivity index (χ2v) is 13.3. The summed E-state index contributed by atoms with van der Waals surface area (Å²) in [5.41, 5.74) is 2.00. The molecule has 1 heterocycles. The molecule has 3 aromatic carbocycles. The molecule has 0 aromatic heterocycles. The highest BCUT2D eigenvalue weighted by atomic mass is 16.5. The second kappa shape index (κ2) is 12.7. The number of Topliss-reactive ketones (excluding diaryl/α,β-unsaturated/α-hetero) is 1. The SMILES string of the molecule is CCCN1C(=O)C2CC=C3C(CC4C(=O)C(c5ccccc5)=CC(=O)C4(c4ccccc4)C3C=Cc3cc(OC)c(O)c(OC)c3)C2C1=O. The molecule has 8 nitrogen and oxygen atoms in total. The first kappa shape index (κ1) is 32.3. The molecule has 0 bridgehead atoms. The minimum atomic E-state index is -1.30. The van der Waals surface area contributed by atoms with E-state index in [2.05, 4.69) is 6.08 Å². The molecule has 1 saturated carbocycles. The molecule has 7 rings (SSSR count). The number of rotatable bonds is 8. The highest BCUT2D eigenvalue weighted by molar-refractivity contribution is 6.31. The Morgan fingerprint density at radius 2 is 1.55 bits per heavy atom. The Labute approximate surface area is 285 Å². The van der Waals surface area contributed by atoms with E-state index in [1.54, 1.807) is 12.1 Å². The van der Waals surface area contributed by atoms with Crippen molar-refractivity contribution in [3.63, 3.8) is 0 Å². The van der Waals surface area contributed by atoms with Gasteiger partial charge in [0.15, 0.2) is 23.1 Å². The van der Waals surface area contributed by atoms with Gasteiger partial charge in [0, 0.05) is 24.0 Å². The van der Waals surface area contributed by atoms with Crippen LogP contribution in [0.2, 0.25) is 0 Å². The molecule has 0 spiro atoms. The monoisotopic (exact) mass is 657 g/mol. The molecule has 3 aromatic rings. The van der Waals surface area contributed by atoms with E-state index >= 15 is 4.79 Å². The number of hydrogen-bond acceptors (Lipinski definition) is 7. The van der Waals surface area contributed by atoms with E-state index in [4.69, 9.17) is 9.47 Å². The molecule has 8 heteroatoms. The molecule has 4 aliphatic rings. The van der Waals surface area contributed by atoms with Crippen LogP contribution < -0.4 is 9.47 Å². The number of benzene rings is 3. The number of fused-ring (bicyclic) bond motifs is 4. The fourth-order valence-electron chi connectivity index (χ4n) is 8.85. The minimum absolute atomic E-state index is 0.130. The van der Waals surface area contributed by atoms with Crippen LogP contribution in [0.5, 0.6) is 17.2 Å². The average molecular weight is 658 g/mol. The van der Waals surface area contributed by atoms with Gasteiger partial charge in [0.05, 0.1) is 31.5 Å². The minimum Gasteiger partial charge on any atom is -0.502 e. The summed E-state index contributed by atoms with van der Waals surface area (Å²) in [6, 6.07) is 22.0. The molecule has 0 radical (unpaired) electrons. The smallest absolute Gasteiger partial charge is 0.233 e. The van der Waals surface area contributed by atoms with E-state index in [1.807, 2.05) is 79.7 Å². The number of methoxy groups -OCH3 is 2. The van der Waals surface area contributed by atoms with Gasteiger partial charge in [0.25, 0.3) is 0 Å². The third kappa shape index (κ3) is 4.95. The number of nitrogens with zero attached hydrogens (tertiary/aromatic N) is 1. The van der Waals surface area contributed by atoms with Crippen LogP contribution in [0.15, 0.2) is 96.6 Å². The largest absolute Gasteiger partial charge is 0.502 e. The lowest BCUT2D eigenvalue weighted by Crippen LogP contribution is -2.59. The lowest BCUT2D eigenvalue weighted by atomic mass is 9.45. The average Bonchev–Trinajstić information content (AvgIpc) is 3.37. The van der Waals surface area contributed by atoms with E-state index < -0.39 is 35.0 Å². The van der Waals surface area contributed by atoms with Crippen LogP contribution in [0.4, 0.5) is 0 Å². The number of imide groups is 1. The van der Waals surface area contributed by atoms with E-state index in [9.17, 15) is 19.5 Å². The summed E-state index contributed by atoms with van der Waals surface area (Å²) in [5.74, 6) is -3.30. The highest BCUT2D eigenvalue weighted by Crippen LogP contribution is 2.61. The maximum atomic E-state index is 15.0. The Bertz CT molecular complexity index is 1900. The van der Waals surface area contributed by atoms with Crippen molar-refractivity contribution < 1.29 is 33.8 Å². The van der Waals surface area contributed by atoms with Crippen molar-refractivity contribution in [1.82, 2.24) is 4.90 Å². The van der Waals surface area contributed by atoms with Crippen molar-refractivity contribution in [2.45, 2.75) is 31.6 Å². The maximum Gasteiger partial charge on any atom is 0.233 e.